The summed E-state index contributed by atoms with van der Waals surface area (Å²) in [6.45, 7) is 0.146. The zero-order valence-electron chi connectivity index (χ0n) is 9.36. The Kier molecular flexibility index (Phi) is 3.33. The van der Waals surface area contributed by atoms with Crippen LogP contribution in [0.1, 0.15) is 5.69 Å². The summed E-state index contributed by atoms with van der Waals surface area (Å²) in [6.07, 6.45) is 1.48. The van der Waals surface area contributed by atoms with Gasteiger partial charge in [-0.3, -0.25) is 14.9 Å². The van der Waals surface area contributed by atoms with Gasteiger partial charge in [0.05, 0.1) is 11.5 Å². The molecule has 0 aromatic carbocycles. The molecule has 0 saturated heterocycles. The van der Waals surface area contributed by atoms with Gasteiger partial charge in [-0.1, -0.05) is 4.49 Å². The Morgan fingerprint density at radius 1 is 1.61 bits per heavy atom. The van der Waals surface area contributed by atoms with Crippen LogP contribution in [-0.4, -0.2) is 26.1 Å². The number of pyridine rings is 1. The number of nitro groups is 1. The molecule has 2 rings (SSSR count). The molecule has 2 aromatic heterocycles. The number of rotatable bonds is 4. The van der Waals surface area contributed by atoms with Crippen molar-refractivity contribution in [3.05, 3.63) is 44.5 Å². The summed E-state index contributed by atoms with van der Waals surface area (Å²) in [5, 5.41) is 18.2. The van der Waals surface area contributed by atoms with E-state index in [0.29, 0.717) is 5.69 Å². The molecule has 0 fully saturated rings. The van der Waals surface area contributed by atoms with E-state index >= 15 is 0 Å². The van der Waals surface area contributed by atoms with Gasteiger partial charge in [-0.15, -0.1) is 5.10 Å². The molecule has 0 saturated carbocycles. The normalized spacial score (nSPS) is 10.3. The van der Waals surface area contributed by atoms with Crippen LogP contribution < -0.4 is 10.9 Å². The predicted molar refractivity (Wildman–Crippen MR) is 65.9 cm³/mol. The number of anilines is 1. The predicted octanol–water partition coefficient (Wildman–Crippen LogP) is 0.698. The molecule has 18 heavy (non-hydrogen) atoms. The van der Waals surface area contributed by atoms with Gasteiger partial charge in [0.25, 0.3) is 0 Å². The first-order valence-electron chi connectivity index (χ1n) is 4.96. The summed E-state index contributed by atoms with van der Waals surface area (Å²) in [5.74, 6) is 0. The molecule has 0 atom stereocenters. The van der Waals surface area contributed by atoms with E-state index in [1.54, 1.807) is 7.05 Å². The maximum atomic E-state index is 11.8. The molecule has 1 N–H and O–H groups in total. The quantitative estimate of drug-likeness (QED) is 0.646. The molecule has 0 aliphatic carbocycles. The van der Waals surface area contributed by atoms with E-state index in [1.807, 2.05) is 0 Å². The number of hydrogen-bond donors (Lipinski definition) is 1. The van der Waals surface area contributed by atoms with E-state index < -0.39 is 16.2 Å². The molecule has 9 heteroatoms. The SMILES string of the molecule is CNc1snnc1Cn1cccc([N+](=O)[O-])c1=O. The molecule has 0 radical (unpaired) electrons. The highest BCUT2D eigenvalue weighted by molar-refractivity contribution is 7.10. The highest BCUT2D eigenvalue weighted by Gasteiger charge is 2.15. The molecule has 0 amide bonds. The van der Waals surface area contributed by atoms with Crippen LogP contribution in [0.15, 0.2) is 23.1 Å². The minimum atomic E-state index is -0.697. The second-order valence-corrected chi connectivity index (χ2v) is 4.14. The van der Waals surface area contributed by atoms with E-state index in [4.69, 9.17) is 0 Å². The second-order valence-electron chi connectivity index (χ2n) is 3.38. The fourth-order valence-corrected chi connectivity index (χ4v) is 1.97. The van der Waals surface area contributed by atoms with Crippen LogP contribution in [0.5, 0.6) is 0 Å². The topological polar surface area (TPSA) is 103 Å². The Morgan fingerprint density at radius 2 is 2.39 bits per heavy atom. The first kappa shape index (κ1) is 12.2. The molecule has 0 bridgehead atoms. The van der Waals surface area contributed by atoms with Crippen LogP contribution >= 0.6 is 11.5 Å². The summed E-state index contributed by atoms with van der Waals surface area (Å²) in [5.41, 5.74) is -0.533. The van der Waals surface area contributed by atoms with Gasteiger partial charge in [0.1, 0.15) is 10.7 Å². The van der Waals surface area contributed by atoms with Gasteiger partial charge in [-0.25, -0.2) is 0 Å². The molecule has 0 aliphatic heterocycles. The van der Waals surface area contributed by atoms with Gasteiger partial charge in [0.2, 0.25) is 0 Å². The number of nitrogens with one attached hydrogen (secondary N) is 1. The fraction of sp³-hybridized carbons (Fsp3) is 0.222. The van der Waals surface area contributed by atoms with Gasteiger partial charge >= 0.3 is 11.2 Å². The molecule has 2 aromatic rings. The van der Waals surface area contributed by atoms with Gasteiger partial charge in [-0.05, 0) is 6.07 Å². The summed E-state index contributed by atoms with van der Waals surface area (Å²) >= 11 is 1.16. The maximum Gasteiger partial charge on any atom is 0.334 e. The van der Waals surface area contributed by atoms with Crippen molar-refractivity contribution < 1.29 is 4.92 Å². The Hall–Kier alpha value is -2.29. The summed E-state index contributed by atoms with van der Waals surface area (Å²) in [4.78, 5) is 21.7. The third-order valence-electron chi connectivity index (χ3n) is 2.30. The zero-order valence-corrected chi connectivity index (χ0v) is 10.2. The van der Waals surface area contributed by atoms with E-state index in [9.17, 15) is 14.9 Å². The fourth-order valence-electron chi connectivity index (χ4n) is 1.45. The van der Waals surface area contributed by atoms with Crippen LogP contribution in [-0.2, 0) is 6.54 Å². The Labute approximate surface area is 105 Å². The largest absolute Gasteiger partial charge is 0.377 e. The molecule has 0 aliphatic rings. The minimum Gasteiger partial charge on any atom is -0.377 e. The van der Waals surface area contributed by atoms with Crippen molar-refractivity contribution in [2.45, 2.75) is 6.54 Å². The molecular weight excluding hydrogens is 258 g/mol. The second kappa shape index (κ2) is 4.92. The number of nitrogens with zero attached hydrogens (tertiary/aromatic N) is 4. The summed E-state index contributed by atoms with van der Waals surface area (Å²) in [7, 11) is 1.72. The highest BCUT2D eigenvalue weighted by atomic mass is 32.1. The van der Waals surface area contributed by atoms with Crippen molar-refractivity contribution in [1.82, 2.24) is 14.2 Å². The van der Waals surface area contributed by atoms with E-state index in [1.165, 1.54) is 22.9 Å². The number of aromatic nitrogens is 3. The Bertz CT molecular complexity index is 635. The molecular formula is C9H9N5O3S. The van der Waals surface area contributed by atoms with Crippen LogP contribution in [0.2, 0.25) is 0 Å². The van der Waals surface area contributed by atoms with Crippen molar-refractivity contribution in [1.29, 1.82) is 0 Å². The van der Waals surface area contributed by atoms with Crippen molar-refractivity contribution >= 4 is 22.2 Å². The number of hydrogen-bond acceptors (Lipinski definition) is 7. The standard InChI is InChI=1S/C9H9N5O3S/c1-10-8-6(11-12-18-8)5-13-4-2-3-7(9(13)15)14(16)17/h2-4,10H,5H2,1H3. The van der Waals surface area contributed by atoms with Gasteiger partial charge in [0.15, 0.2) is 0 Å². The van der Waals surface area contributed by atoms with Crippen molar-refractivity contribution in [3.63, 3.8) is 0 Å². The minimum absolute atomic E-state index is 0.146. The Balaban J connectivity index is 2.39. The first-order chi connectivity index (χ1) is 8.63. The summed E-state index contributed by atoms with van der Waals surface area (Å²) < 4.78 is 4.99. The lowest BCUT2D eigenvalue weighted by molar-refractivity contribution is -0.386. The van der Waals surface area contributed by atoms with E-state index in [0.717, 1.165) is 16.5 Å². The zero-order chi connectivity index (χ0) is 13.1. The monoisotopic (exact) mass is 267 g/mol. The lowest BCUT2D eigenvalue weighted by atomic mass is 10.3. The van der Waals surface area contributed by atoms with Gasteiger partial charge in [-0.2, -0.15) is 0 Å². The van der Waals surface area contributed by atoms with Crippen LogP contribution in [0.3, 0.4) is 0 Å². The van der Waals surface area contributed by atoms with E-state index in [2.05, 4.69) is 14.9 Å². The average Bonchev–Trinajstić information content (AvgIpc) is 2.78. The average molecular weight is 267 g/mol. The van der Waals surface area contributed by atoms with Crippen LogP contribution in [0, 0.1) is 10.1 Å². The van der Waals surface area contributed by atoms with Crippen molar-refractivity contribution in [3.8, 4) is 0 Å². The first-order valence-corrected chi connectivity index (χ1v) is 5.73. The molecule has 2 heterocycles. The highest BCUT2D eigenvalue weighted by Crippen LogP contribution is 2.17. The van der Waals surface area contributed by atoms with Gasteiger partial charge in [0, 0.05) is 30.8 Å². The third kappa shape index (κ3) is 2.20. The lowest BCUT2D eigenvalue weighted by Gasteiger charge is -2.03. The molecule has 0 unspecified atom stereocenters. The van der Waals surface area contributed by atoms with E-state index in [-0.39, 0.29) is 6.54 Å². The van der Waals surface area contributed by atoms with Crippen molar-refractivity contribution in [2.24, 2.45) is 0 Å². The molecule has 0 spiro atoms. The maximum absolute atomic E-state index is 11.8. The smallest absolute Gasteiger partial charge is 0.334 e. The van der Waals surface area contributed by atoms with Crippen molar-refractivity contribution in [2.75, 3.05) is 12.4 Å². The van der Waals surface area contributed by atoms with Crippen LogP contribution in [0.4, 0.5) is 10.7 Å². The van der Waals surface area contributed by atoms with Crippen LogP contribution in [0.25, 0.3) is 0 Å². The molecule has 8 nitrogen and oxygen atoms in total. The summed E-state index contributed by atoms with van der Waals surface area (Å²) in [6, 6.07) is 2.63. The lowest BCUT2D eigenvalue weighted by Crippen LogP contribution is -2.22. The third-order valence-corrected chi connectivity index (χ3v) is 3.09. The molecule has 94 valence electrons. The Morgan fingerprint density at radius 3 is 3.06 bits per heavy atom. The van der Waals surface area contributed by atoms with Gasteiger partial charge < -0.3 is 9.88 Å².